The van der Waals surface area contributed by atoms with Crippen molar-refractivity contribution in [3.8, 4) is 5.88 Å². The fourth-order valence-corrected chi connectivity index (χ4v) is 3.58. The molecular formula is C18H25N3O3. The number of nitrogens with two attached hydrogens (primary N) is 1. The molecule has 24 heavy (non-hydrogen) atoms. The van der Waals surface area contributed by atoms with Crippen LogP contribution >= 0.6 is 0 Å². The molecule has 2 heterocycles. The van der Waals surface area contributed by atoms with Crippen LogP contribution in [0.2, 0.25) is 0 Å². The molecule has 1 saturated heterocycles. The molecule has 0 aromatic carbocycles. The van der Waals surface area contributed by atoms with Gasteiger partial charge in [0.2, 0.25) is 17.7 Å². The monoisotopic (exact) mass is 331 g/mol. The van der Waals surface area contributed by atoms with Crippen molar-refractivity contribution in [1.29, 1.82) is 0 Å². The number of pyridine rings is 1. The first-order valence-corrected chi connectivity index (χ1v) is 8.82. The van der Waals surface area contributed by atoms with E-state index in [1.54, 1.807) is 12.1 Å². The molecule has 1 aliphatic heterocycles. The zero-order chi connectivity index (χ0) is 16.9. The molecule has 1 atom stereocenters. The normalized spacial score (nSPS) is 21.7. The Kier molecular flexibility index (Phi) is 5.33. The van der Waals surface area contributed by atoms with E-state index in [1.807, 2.05) is 4.90 Å². The number of amides is 2. The third kappa shape index (κ3) is 4.24. The minimum atomic E-state index is -0.505. The van der Waals surface area contributed by atoms with Crippen molar-refractivity contribution in [2.75, 3.05) is 13.1 Å². The number of aromatic nitrogens is 1. The lowest BCUT2D eigenvalue weighted by molar-refractivity contribution is -0.131. The smallest absolute Gasteiger partial charge is 0.250 e. The van der Waals surface area contributed by atoms with Gasteiger partial charge in [0.25, 0.3) is 0 Å². The van der Waals surface area contributed by atoms with Crippen molar-refractivity contribution in [2.24, 2.45) is 11.7 Å². The molecule has 3 rings (SSSR count). The van der Waals surface area contributed by atoms with Gasteiger partial charge in [0, 0.05) is 31.6 Å². The summed E-state index contributed by atoms with van der Waals surface area (Å²) in [5.74, 6) is 0.778. The summed E-state index contributed by atoms with van der Waals surface area (Å²) < 4.78 is 5.82. The molecule has 2 aliphatic rings. The number of nitrogens with zero attached hydrogens (tertiary/aromatic N) is 2. The molecule has 2 N–H and O–H groups in total. The fraction of sp³-hybridized carbons (Fsp3) is 0.611. The third-order valence-corrected chi connectivity index (χ3v) is 4.99. The molecule has 6 heteroatoms. The van der Waals surface area contributed by atoms with Crippen LogP contribution in [-0.4, -0.2) is 40.9 Å². The lowest BCUT2D eigenvalue weighted by atomic mass is 9.87. The van der Waals surface area contributed by atoms with Gasteiger partial charge in [0.1, 0.15) is 6.10 Å². The van der Waals surface area contributed by atoms with Crippen LogP contribution in [0.4, 0.5) is 0 Å². The van der Waals surface area contributed by atoms with Gasteiger partial charge in [0.15, 0.2) is 0 Å². The fourth-order valence-electron chi connectivity index (χ4n) is 3.58. The van der Waals surface area contributed by atoms with Gasteiger partial charge >= 0.3 is 0 Å². The number of primary amides is 1. The summed E-state index contributed by atoms with van der Waals surface area (Å²) in [5.41, 5.74) is 5.55. The van der Waals surface area contributed by atoms with Crippen molar-refractivity contribution in [2.45, 2.75) is 51.0 Å². The Morgan fingerprint density at radius 2 is 2.00 bits per heavy atom. The summed E-state index contributed by atoms with van der Waals surface area (Å²) in [6.45, 7) is 1.36. The van der Waals surface area contributed by atoms with Crippen molar-refractivity contribution in [3.63, 3.8) is 0 Å². The topological polar surface area (TPSA) is 85.5 Å². The van der Waals surface area contributed by atoms with Gasteiger partial charge < -0.3 is 15.4 Å². The number of hydrogen-bond donors (Lipinski definition) is 1. The highest BCUT2D eigenvalue weighted by molar-refractivity contribution is 5.92. The molecular weight excluding hydrogens is 306 g/mol. The first-order chi connectivity index (χ1) is 11.6. The molecule has 2 amide bonds. The second-order valence-corrected chi connectivity index (χ2v) is 6.83. The first-order valence-electron chi connectivity index (χ1n) is 8.82. The van der Waals surface area contributed by atoms with Crippen LogP contribution in [-0.2, 0) is 4.79 Å². The highest BCUT2D eigenvalue weighted by Gasteiger charge is 2.29. The first kappa shape index (κ1) is 16.7. The van der Waals surface area contributed by atoms with Crippen LogP contribution in [0.1, 0.15) is 55.3 Å². The van der Waals surface area contributed by atoms with E-state index >= 15 is 0 Å². The Morgan fingerprint density at radius 3 is 2.67 bits per heavy atom. The van der Waals surface area contributed by atoms with E-state index in [0.717, 1.165) is 13.0 Å². The van der Waals surface area contributed by atoms with Crippen LogP contribution in [0, 0.1) is 5.92 Å². The summed E-state index contributed by atoms with van der Waals surface area (Å²) in [6.07, 6.45) is 9.09. The molecule has 1 aromatic heterocycles. The maximum absolute atomic E-state index is 12.4. The van der Waals surface area contributed by atoms with Gasteiger partial charge in [-0.2, -0.15) is 0 Å². The van der Waals surface area contributed by atoms with Crippen LogP contribution in [0.25, 0.3) is 0 Å². The number of hydrogen-bond acceptors (Lipinski definition) is 4. The summed E-state index contributed by atoms with van der Waals surface area (Å²) >= 11 is 0. The van der Waals surface area contributed by atoms with Crippen molar-refractivity contribution in [3.05, 3.63) is 23.9 Å². The van der Waals surface area contributed by atoms with Crippen molar-refractivity contribution >= 4 is 11.8 Å². The minimum absolute atomic E-state index is 0.0350. The predicted octanol–water partition coefficient (Wildman–Crippen LogP) is 2.13. The lowest BCUT2D eigenvalue weighted by Crippen LogP contribution is -2.32. The van der Waals surface area contributed by atoms with Crippen LogP contribution in [0.15, 0.2) is 18.3 Å². The average molecular weight is 331 g/mol. The van der Waals surface area contributed by atoms with E-state index in [2.05, 4.69) is 4.98 Å². The van der Waals surface area contributed by atoms with E-state index in [1.165, 1.54) is 38.3 Å². The second-order valence-electron chi connectivity index (χ2n) is 6.83. The number of carbonyl (C=O) groups excluding carboxylic acids is 2. The van der Waals surface area contributed by atoms with E-state index in [9.17, 15) is 9.59 Å². The summed E-state index contributed by atoms with van der Waals surface area (Å²) in [7, 11) is 0. The average Bonchev–Trinajstić information content (AvgIpc) is 3.05. The molecule has 1 aliphatic carbocycles. The van der Waals surface area contributed by atoms with Gasteiger partial charge in [-0.15, -0.1) is 0 Å². The Bertz CT molecular complexity index is 582. The Hall–Kier alpha value is -2.11. The standard InChI is InChI=1S/C18H25N3O3/c19-18(23)14-6-7-16(20-11-14)24-15-8-9-21(12-15)17(22)10-13-4-2-1-3-5-13/h6-7,11,13,15H,1-5,8-10,12H2,(H2,19,23). The predicted molar refractivity (Wildman–Crippen MR) is 89.6 cm³/mol. The molecule has 130 valence electrons. The number of ether oxygens (including phenoxy) is 1. The molecule has 1 saturated carbocycles. The number of likely N-dealkylation sites (tertiary alicyclic amines) is 1. The largest absolute Gasteiger partial charge is 0.472 e. The van der Waals surface area contributed by atoms with E-state index in [4.69, 9.17) is 10.5 Å². The molecule has 1 aromatic rings. The second kappa shape index (κ2) is 7.64. The Balaban J connectivity index is 1.47. The van der Waals surface area contributed by atoms with Gasteiger partial charge in [-0.05, 0) is 24.8 Å². The molecule has 0 spiro atoms. The van der Waals surface area contributed by atoms with Crippen LogP contribution < -0.4 is 10.5 Å². The Labute approximate surface area is 142 Å². The molecule has 2 fully saturated rings. The number of rotatable bonds is 5. The molecule has 0 radical (unpaired) electrons. The number of carbonyl (C=O) groups is 2. The molecule has 0 bridgehead atoms. The third-order valence-electron chi connectivity index (χ3n) is 4.99. The van der Waals surface area contributed by atoms with Crippen LogP contribution in [0.3, 0.4) is 0 Å². The summed E-state index contributed by atoms with van der Waals surface area (Å²) in [4.78, 5) is 29.5. The quantitative estimate of drug-likeness (QED) is 0.895. The van der Waals surface area contributed by atoms with E-state index in [0.29, 0.717) is 30.3 Å². The van der Waals surface area contributed by atoms with Gasteiger partial charge in [-0.25, -0.2) is 4.98 Å². The maximum atomic E-state index is 12.4. The maximum Gasteiger partial charge on any atom is 0.250 e. The van der Waals surface area contributed by atoms with E-state index < -0.39 is 5.91 Å². The van der Waals surface area contributed by atoms with Crippen molar-refractivity contribution in [1.82, 2.24) is 9.88 Å². The zero-order valence-corrected chi connectivity index (χ0v) is 13.9. The zero-order valence-electron chi connectivity index (χ0n) is 13.9. The minimum Gasteiger partial charge on any atom is -0.472 e. The highest BCUT2D eigenvalue weighted by Crippen LogP contribution is 2.27. The highest BCUT2D eigenvalue weighted by atomic mass is 16.5. The van der Waals surface area contributed by atoms with Crippen LogP contribution in [0.5, 0.6) is 5.88 Å². The lowest BCUT2D eigenvalue weighted by Gasteiger charge is -2.24. The van der Waals surface area contributed by atoms with Gasteiger partial charge in [-0.1, -0.05) is 19.3 Å². The molecule has 6 nitrogen and oxygen atoms in total. The summed E-state index contributed by atoms with van der Waals surface area (Å²) in [6, 6.07) is 3.25. The molecule has 1 unspecified atom stereocenters. The van der Waals surface area contributed by atoms with E-state index in [-0.39, 0.29) is 12.0 Å². The SMILES string of the molecule is NC(=O)c1ccc(OC2CCN(C(=O)CC3CCCCC3)C2)nc1. The Morgan fingerprint density at radius 1 is 1.21 bits per heavy atom. The van der Waals surface area contributed by atoms with Gasteiger partial charge in [-0.3, -0.25) is 9.59 Å². The van der Waals surface area contributed by atoms with Gasteiger partial charge in [0.05, 0.1) is 12.1 Å². The van der Waals surface area contributed by atoms with Crippen molar-refractivity contribution < 1.29 is 14.3 Å². The summed E-state index contributed by atoms with van der Waals surface area (Å²) in [5, 5.41) is 0.